The van der Waals surface area contributed by atoms with Crippen LogP contribution in [0.2, 0.25) is 0 Å². The number of ether oxygens (including phenoxy) is 2. The molecule has 0 saturated carbocycles. The normalized spacial score (nSPS) is 18.3. The summed E-state index contributed by atoms with van der Waals surface area (Å²) in [6, 6.07) is 9.48. The molecule has 2 aromatic heterocycles. The van der Waals surface area contributed by atoms with E-state index in [4.69, 9.17) is 9.47 Å². The Morgan fingerprint density at radius 2 is 2.18 bits per heavy atom. The first-order valence-electron chi connectivity index (χ1n) is 10.8. The van der Waals surface area contributed by atoms with Crippen molar-refractivity contribution in [2.75, 3.05) is 49.8 Å². The Labute approximate surface area is 205 Å². The van der Waals surface area contributed by atoms with Crippen molar-refractivity contribution in [3.63, 3.8) is 0 Å². The van der Waals surface area contributed by atoms with Gasteiger partial charge in [0, 0.05) is 23.2 Å². The number of hydrogen-bond acceptors (Lipinski definition) is 9. The van der Waals surface area contributed by atoms with Gasteiger partial charge in [0.15, 0.2) is 0 Å². The highest BCUT2D eigenvalue weighted by Gasteiger charge is 2.30. The van der Waals surface area contributed by atoms with Gasteiger partial charge in [-0.1, -0.05) is 23.9 Å². The summed E-state index contributed by atoms with van der Waals surface area (Å²) in [6.45, 7) is 3.41. The molecule has 1 atom stereocenters. The number of thioether (sulfide) groups is 2. The highest BCUT2D eigenvalue weighted by molar-refractivity contribution is 8.00. The first-order chi connectivity index (χ1) is 16.5. The largest absolute Gasteiger partial charge is 0.475 e. The third-order valence-electron chi connectivity index (χ3n) is 5.58. The van der Waals surface area contributed by atoms with Crippen LogP contribution in [0.5, 0.6) is 5.88 Å². The summed E-state index contributed by atoms with van der Waals surface area (Å²) in [7, 11) is 0. The lowest BCUT2D eigenvalue weighted by Gasteiger charge is -2.35. The third-order valence-corrected chi connectivity index (χ3v) is 7.17. The van der Waals surface area contributed by atoms with E-state index in [1.165, 1.54) is 23.5 Å². The zero-order valence-corrected chi connectivity index (χ0v) is 20.5. The van der Waals surface area contributed by atoms with Crippen LogP contribution in [0.25, 0.3) is 5.78 Å². The molecule has 0 spiro atoms. The van der Waals surface area contributed by atoms with Crippen molar-refractivity contribution in [1.82, 2.24) is 24.5 Å². The Kier molecular flexibility index (Phi) is 6.61. The van der Waals surface area contributed by atoms with Gasteiger partial charge in [0.05, 0.1) is 24.6 Å². The van der Waals surface area contributed by atoms with Gasteiger partial charge in [-0.2, -0.15) is 9.50 Å². The van der Waals surface area contributed by atoms with E-state index >= 15 is 0 Å². The molecule has 0 N–H and O–H groups in total. The first-order valence-corrected chi connectivity index (χ1v) is 13.1. The molecule has 0 bridgehead atoms. The van der Waals surface area contributed by atoms with Crippen molar-refractivity contribution in [3.05, 3.63) is 36.0 Å². The van der Waals surface area contributed by atoms with Gasteiger partial charge in [0.2, 0.25) is 22.9 Å². The molecule has 1 saturated heterocycles. The molecule has 0 radical (unpaired) electrons. The van der Waals surface area contributed by atoms with Gasteiger partial charge in [-0.05, 0) is 25.3 Å². The molecule has 178 valence electrons. The highest BCUT2D eigenvalue weighted by Crippen LogP contribution is 2.34. The van der Waals surface area contributed by atoms with E-state index < -0.39 is 0 Å². The number of nitrogens with zero attached hydrogens (tertiary/aromatic N) is 6. The molecule has 1 unspecified atom stereocenters. The van der Waals surface area contributed by atoms with E-state index in [1.54, 1.807) is 20.4 Å². The molecule has 1 fully saturated rings. The Morgan fingerprint density at radius 1 is 1.32 bits per heavy atom. The van der Waals surface area contributed by atoms with Gasteiger partial charge in [-0.3, -0.25) is 9.59 Å². The summed E-state index contributed by atoms with van der Waals surface area (Å²) >= 11 is 2.93. The number of para-hydroxylation sites is 1. The number of carbonyl (C=O) groups excluding carboxylic acids is 2. The van der Waals surface area contributed by atoms with Gasteiger partial charge < -0.3 is 19.3 Å². The minimum Gasteiger partial charge on any atom is -0.475 e. The van der Waals surface area contributed by atoms with Crippen molar-refractivity contribution in [2.45, 2.75) is 23.1 Å². The van der Waals surface area contributed by atoms with Crippen LogP contribution >= 0.6 is 23.5 Å². The van der Waals surface area contributed by atoms with Crippen LogP contribution in [0, 0.1) is 6.92 Å². The molecule has 34 heavy (non-hydrogen) atoms. The fourth-order valence-corrected chi connectivity index (χ4v) is 5.18. The summed E-state index contributed by atoms with van der Waals surface area (Å²) in [5.41, 5.74) is 1.56. The molecule has 2 aliphatic rings. The van der Waals surface area contributed by atoms with E-state index in [9.17, 15) is 9.59 Å². The highest BCUT2D eigenvalue weighted by atomic mass is 32.2. The number of carbonyl (C=O) groups is 2. The predicted molar refractivity (Wildman–Crippen MR) is 129 cm³/mol. The van der Waals surface area contributed by atoms with Crippen LogP contribution in [-0.2, 0) is 14.3 Å². The molecule has 2 aliphatic heterocycles. The van der Waals surface area contributed by atoms with Gasteiger partial charge in [0.25, 0.3) is 5.78 Å². The lowest BCUT2D eigenvalue weighted by atomic mass is 10.2. The second-order valence-electron chi connectivity index (χ2n) is 7.93. The van der Waals surface area contributed by atoms with Crippen molar-refractivity contribution < 1.29 is 19.1 Å². The smallest absolute Gasteiger partial charge is 0.256 e. The maximum absolute atomic E-state index is 13.1. The Balaban J connectivity index is 1.23. The number of aryl methyl sites for hydroxylation is 1. The molecular formula is C22H24N6O4S2. The second-order valence-corrected chi connectivity index (χ2v) is 9.72. The zero-order chi connectivity index (χ0) is 23.7. The third kappa shape index (κ3) is 4.70. The minimum absolute atomic E-state index is 0.0184. The van der Waals surface area contributed by atoms with E-state index in [0.29, 0.717) is 42.3 Å². The second kappa shape index (κ2) is 9.80. The first kappa shape index (κ1) is 22.9. The van der Waals surface area contributed by atoms with Crippen LogP contribution in [0.4, 0.5) is 5.69 Å². The summed E-state index contributed by atoms with van der Waals surface area (Å²) in [4.78, 5) is 38.7. The summed E-state index contributed by atoms with van der Waals surface area (Å²) in [5, 5.41) is 5.02. The number of morpholine rings is 1. The fraction of sp³-hybridized carbons (Fsp3) is 0.409. The summed E-state index contributed by atoms with van der Waals surface area (Å²) < 4.78 is 13.4. The lowest BCUT2D eigenvalue weighted by molar-refractivity contribution is -0.139. The van der Waals surface area contributed by atoms with Crippen LogP contribution in [-0.4, -0.2) is 87.3 Å². The maximum atomic E-state index is 13.1. The van der Waals surface area contributed by atoms with Gasteiger partial charge >= 0.3 is 0 Å². The van der Waals surface area contributed by atoms with Gasteiger partial charge in [-0.15, -0.1) is 16.9 Å². The molecule has 5 rings (SSSR count). The zero-order valence-electron chi connectivity index (χ0n) is 18.8. The van der Waals surface area contributed by atoms with Crippen LogP contribution < -0.4 is 9.64 Å². The minimum atomic E-state index is -0.301. The van der Waals surface area contributed by atoms with Gasteiger partial charge in [0.1, 0.15) is 19.3 Å². The topological polar surface area (TPSA) is 102 Å². The fourth-order valence-electron chi connectivity index (χ4n) is 3.91. The monoisotopic (exact) mass is 500 g/mol. The molecule has 10 nitrogen and oxygen atoms in total. The quantitative estimate of drug-likeness (QED) is 0.470. The average Bonchev–Trinajstić information content (AvgIpc) is 3.27. The number of hydrogen-bond donors (Lipinski definition) is 0. The Morgan fingerprint density at radius 3 is 3.03 bits per heavy atom. The molecule has 0 aliphatic carbocycles. The molecule has 1 aromatic carbocycles. The number of rotatable bonds is 6. The SMILES string of the molecule is CSc1nc2nc(C)cc(OCC3CN(C(=O)CN4C(=O)CSc5ccccc54)CCO3)n2n1. The number of aromatic nitrogens is 4. The number of fused-ring (bicyclic) bond motifs is 2. The number of amides is 2. The average molecular weight is 501 g/mol. The summed E-state index contributed by atoms with van der Waals surface area (Å²) in [6.07, 6.45) is 1.60. The Bertz CT molecular complexity index is 1240. The van der Waals surface area contributed by atoms with Crippen LogP contribution in [0.3, 0.4) is 0 Å². The Hall–Kier alpha value is -2.83. The standard InChI is InChI=1S/C22H24N6O4S2/c1-14-9-20(28-21(23-14)24-22(25-28)33-2)32-12-15-10-26(7-8-31-15)18(29)11-27-16-5-3-4-6-17(16)34-13-19(27)30/h3-6,9,15H,7-8,10-13H2,1-2H3. The number of anilines is 1. The number of benzene rings is 1. The van der Waals surface area contributed by atoms with Crippen molar-refractivity contribution >= 4 is 46.8 Å². The van der Waals surface area contributed by atoms with Crippen molar-refractivity contribution in [3.8, 4) is 5.88 Å². The summed E-state index contributed by atoms with van der Waals surface area (Å²) in [5.74, 6) is 1.18. The van der Waals surface area contributed by atoms with Crippen molar-refractivity contribution in [1.29, 1.82) is 0 Å². The van der Waals surface area contributed by atoms with E-state index in [-0.39, 0.29) is 31.1 Å². The maximum Gasteiger partial charge on any atom is 0.256 e. The lowest BCUT2D eigenvalue weighted by Crippen LogP contribution is -2.51. The van der Waals surface area contributed by atoms with E-state index in [1.807, 2.05) is 37.4 Å². The van der Waals surface area contributed by atoms with E-state index in [0.717, 1.165) is 16.3 Å². The molecule has 2 amide bonds. The van der Waals surface area contributed by atoms with Crippen molar-refractivity contribution in [2.24, 2.45) is 0 Å². The van der Waals surface area contributed by atoms with Crippen LogP contribution in [0.15, 0.2) is 40.4 Å². The van der Waals surface area contributed by atoms with Gasteiger partial charge in [-0.25, -0.2) is 4.98 Å². The molecular weight excluding hydrogens is 476 g/mol. The molecule has 12 heteroatoms. The molecule has 3 aromatic rings. The van der Waals surface area contributed by atoms with E-state index in [2.05, 4.69) is 15.1 Å². The molecule has 4 heterocycles. The van der Waals surface area contributed by atoms with Crippen LogP contribution in [0.1, 0.15) is 5.69 Å². The predicted octanol–water partition coefficient (Wildman–Crippen LogP) is 1.90.